The van der Waals surface area contributed by atoms with E-state index in [9.17, 15) is 4.79 Å². The van der Waals surface area contributed by atoms with E-state index in [1.54, 1.807) is 4.90 Å². The van der Waals surface area contributed by atoms with Gasteiger partial charge in [0, 0.05) is 0 Å². The molecule has 0 spiro atoms. The quantitative estimate of drug-likeness (QED) is 0.154. The van der Waals surface area contributed by atoms with E-state index < -0.39 is 0 Å². The summed E-state index contributed by atoms with van der Waals surface area (Å²) in [5.74, 6) is 0.992. The van der Waals surface area contributed by atoms with Crippen molar-refractivity contribution in [1.29, 1.82) is 0 Å². The molecule has 5 nitrogen and oxygen atoms in total. The molecule has 3 aromatic carbocycles. The SMILES string of the molecule is CCCCCCCCOc1c(Cl)cc(/C=C2/SC(=Nc3ccccc3)N(c3ccccc3)C2=O)cc1OCC. The predicted octanol–water partition coefficient (Wildman–Crippen LogP) is 9.29. The summed E-state index contributed by atoms with van der Waals surface area (Å²) in [5, 5.41) is 1.06. The standard InChI is InChI=1S/C32H35ClN2O3S/c1-3-5-6-7-8-15-20-38-30-27(33)21-24(22-28(30)37-4-2)23-29-31(36)35(26-18-13-10-14-19-26)32(39-29)34-25-16-11-9-12-17-25/h9-14,16-19,21-23H,3-8,15,20H2,1-2H3/b29-23+,34-32?. The highest BCUT2D eigenvalue weighted by atomic mass is 35.5. The number of nitrogens with zero attached hydrogens (tertiary/aromatic N) is 2. The van der Waals surface area contributed by atoms with Gasteiger partial charge in [-0.1, -0.05) is 87.0 Å². The number of anilines is 1. The third-order valence-electron chi connectivity index (χ3n) is 6.18. The third kappa shape index (κ3) is 7.90. The first kappa shape index (κ1) is 28.8. The number of hydrogen-bond donors (Lipinski definition) is 0. The lowest BCUT2D eigenvalue weighted by atomic mass is 10.1. The molecule has 0 atom stereocenters. The summed E-state index contributed by atoms with van der Waals surface area (Å²) in [5.41, 5.74) is 2.31. The number of rotatable bonds is 13. The number of ether oxygens (including phenoxy) is 2. The number of unbranched alkanes of at least 4 members (excludes halogenated alkanes) is 5. The molecule has 1 saturated heterocycles. The van der Waals surface area contributed by atoms with Gasteiger partial charge < -0.3 is 9.47 Å². The van der Waals surface area contributed by atoms with Gasteiger partial charge in [-0.2, -0.15) is 0 Å². The number of hydrogen-bond acceptors (Lipinski definition) is 5. The number of amides is 1. The number of amidine groups is 1. The summed E-state index contributed by atoms with van der Waals surface area (Å²) in [6.45, 7) is 5.22. The molecule has 0 aliphatic carbocycles. The molecule has 1 aliphatic heterocycles. The normalized spacial score (nSPS) is 15.4. The molecule has 0 N–H and O–H groups in total. The first-order valence-electron chi connectivity index (χ1n) is 13.6. The Balaban J connectivity index is 1.57. The largest absolute Gasteiger partial charge is 0.490 e. The summed E-state index contributed by atoms with van der Waals surface area (Å²) in [4.78, 5) is 20.6. The molecule has 39 heavy (non-hydrogen) atoms. The zero-order valence-electron chi connectivity index (χ0n) is 22.6. The fourth-order valence-corrected chi connectivity index (χ4v) is 5.52. The minimum absolute atomic E-state index is 0.140. The topological polar surface area (TPSA) is 51.1 Å². The van der Waals surface area contributed by atoms with E-state index in [1.807, 2.05) is 85.8 Å². The maximum Gasteiger partial charge on any atom is 0.271 e. The van der Waals surface area contributed by atoms with E-state index in [1.165, 1.54) is 37.4 Å². The van der Waals surface area contributed by atoms with Crippen molar-refractivity contribution < 1.29 is 14.3 Å². The number of carbonyl (C=O) groups excluding carboxylic acids is 1. The van der Waals surface area contributed by atoms with Crippen molar-refractivity contribution in [1.82, 2.24) is 0 Å². The fraction of sp³-hybridized carbons (Fsp3) is 0.312. The summed E-state index contributed by atoms with van der Waals surface area (Å²) in [6, 6.07) is 22.9. The summed E-state index contributed by atoms with van der Waals surface area (Å²) in [6.07, 6.45) is 8.95. The van der Waals surface area contributed by atoms with Crippen LogP contribution in [0.5, 0.6) is 11.5 Å². The van der Waals surface area contributed by atoms with Gasteiger partial charge in [-0.25, -0.2) is 4.99 Å². The van der Waals surface area contributed by atoms with Crippen LogP contribution in [0, 0.1) is 0 Å². The van der Waals surface area contributed by atoms with Gasteiger partial charge in [-0.3, -0.25) is 9.69 Å². The van der Waals surface area contributed by atoms with Crippen molar-refractivity contribution in [2.75, 3.05) is 18.1 Å². The molecule has 1 amide bonds. The Hall–Kier alpha value is -3.22. The summed E-state index contributed by atoms with van der Waals surface area (Å²) in [7, 11) is 0. The average Bonchev–Trinajstić information content (AvgIpc) is 3.24. The molecule has 1 aliphatic rings. The monoisotopic (exact) mass is 562 g/mol. The van der Waals surface area contributed by atoms with Crippen LogP contribution in [0.25, 0.3) is 6.08 Å². The van der Waals surface area contributed by atoms with Gasteiger partial charge in [0.15, 0.2) is 16.7 Å². The van der Waals surface area contributed by atoms with Gasteiger partial charge >= 0.3 is 0 Å². The first-order chi connectivity index (χ1) is 19.1. The second-order valence-corrected chi connectivity index (χ2v) is 10.6. The van der Waals surface area contributed by atoms with Crippen molar-refractivity contribution in [2.24, 2.45) is 4.99 Å². The van der Waals surface area contributed by atoms with Crippen LogP contribution < -0.4 is 14.4 Å². The van der Waals surface area contributed by atoms with E-state index in [4.69, 9.17) is 26.1 Å². The van der Waals surface area contributed by atoms with Crippen LogP contribution in [-0.4, -0.2) is 24.3 Å². The maximum atomic E-state index is 13.6. The Kier molecular flexibility index (Phi) is 10.9. The minimum Gasteiger partial charge on any atom is -0.490 e. The Bertz CT molecular complexity index is 1300. The molecular formula is C32H35ClN2O3S. The number of benzene rings is 3. The molecule has 4 rings (SSSR count). The smallest absolute Gasteiger partial charge is 0.271 e. The van der Waals surface area contributed by atoms with Crippen molar-refractivity contribution in [3.05, 3.63) is 88.3 Å². The molecule has 0 aromatic heterocycles. The van der Waals surface area contributed by atoms with Crippen molar-refractivity contribution in [2.45, 2.75) is 52.4 Å². The van der Waals surface area contributed by atoms with Gasteiger partial charge in [0.1, 0.15) is 0 Å². The van der Waals surface area contributed by atoms with Crippen molar-refractivity contribution in [3.63, 3.8) is 0 Å². The molecular weight excluding hydrogens is 528 g/mol. The van der Waals surface area contributed by atoms with Crippen LogP contribution in [-0.2, 0) is 4.79 Å². The molecule has 0 bridgehead atoms. The van der Waals surface area contributed by atoms with E-state index in [0.29, 0.717) is 39.8 Å². The number of para-hydroxylation sites is 2. The van der Waals surface area contributed by atoms with Gasteiger partial charge in [0.05, 0.1) is 34.5 Å². The van der Waals surface area contributed by atoms with Crippen LogP contribution in [0.1, 0.15) is 57.9 Å². The Morgan fingerprint density at radius 1 is 0.897 bits per heavy atom. The molecule has 3 aromatic rings. The lowest BCUT2D eigenvalue weighted by molar-refractivity contribution is -0.113. The molecule has 0 saturated carbocycles. The van der Waals surface area contributed by atoms with Gasteiger partial charge in [0.2, 0.25) is 0 Å². The van der Waals surface area contributed by atoms with E-state index in [-0.39, 0.29) is 5.91 Å². The zero-order valence-corrected chi connectivity index (χ0v) is 24.1. The molecule has 0 unspecified atom stereocenters. The minimum atomic E-state index is -0.140. The Morgan fingerprint density at radius 3 is 2.31 bits per heavy atom. The number of halogens is 1. The zero-order chi connectivity index (χ0) is 27.5. The van der Waals surface area contributed by atoms with Crippen LogP contribution in [0.3, 0.4) is 0 Å². The molecule has 204 valence electrons. The average molecular weight is 563 g/mol. The maximum absolute atomic E-state index is 13.6. The highest BCUT2D eigenvalue weighted by Gasteiger charge is 2.34. The van der Waals surface area contributed by atoms with Crippen LogP contribution >= 0.6 is 23.4 Å². The highest BCUT2D eigenvalue weighted by Crippen LogP contribution is 2.41. The summed E-state index contributed by atoms with van der Waals surface area (Å²) < 4.78 is 11.9. The lowest BCUT2D eigenvalue weighted by Gasteiger charge is -2.15. The Morgan fingerprint density at radius 2 is 1.59 bits per heavy atom. The third-order valence-corrected chi connectivity index (χ3v) is 7.43. The molecule has 1 heterocycles. The molecule has 1 fully saturated rings. The number of aliphatic imine (C=N–C) groups is 1. The second-order valence-electron chi connectivity index (χ2n) is 9.20. The number of thioether (sulfide) groups is 1. The van der Waals surface area contributed by atoms with E-state index >= 15 is 0 Å². The second kappa shape index (κ2) is 14.8. The Labute approximate surface area is 240 Å². The van der Waals surface area contributed by atoms with E-state index in [0.717, 1.165) is 29.8 Å². The summed E-state index contributed by atoms with van der Waals surface area (Å²) >= 11 is 8.01. The lowest BCUT2D eigenvalue weighted by Crippen LogP contribution is -2.28. The van der Waals surface area contributed by atoms with Crippen LogP contribution in [0.2, 0.25) is 5.02 Å². The van der Waals surface area contributed by atoms with E-state index in [2.05, 4.69) is 6.92 Å². The van der Waals surface area contributed by atoms with Gasteiger partial charge in [-0.05, 0) is 73.1 Å². The fourth-order valence-electron chi connectivity index (χ4n) is 4.25. The van der Waals surface area contributed by atoms with Crippen LogP contribution in [0.4, 0.5) is 11.4 Å². The first-order valence-corrected chi connectivity index (χ1v) is 14.8. The van der Waals surface area contributed by atoms with Gasteiger partial charge in [0.25, 0.3) is 5.91 Å². The predicted molar refractivity (Wildman–Crippen MR) is 165 cm³/mol. The van der Waals surface area contributed by atoms with Crippen molar-refractivity contribution in [3.8, 4) is 11.5 Å². The molecule has 7 heteroatoms. The highest BCUT2D eigenvalue weighted by molar-refractivity contribution is 8.19. The van der Waals surface area contributed by atoms with Crippen molar-refractivity contribution >= 4 is 51.9 Å². The van der Waals surface area contributed by atoms with Gasteiger partial charge in [-0.15, -0.1) is 0 Å². The van der Waals surface area contributed by atoms with Crippen LogP contribution in [0.15, 0.2) is 82.7 Å². The number of carbonyl (C=O) groups is 1. The molecule has 0 radical (unpaired) electrons.